The molecule has 5 aromatic rings. The SMILES string of the molecule is [C-]#[N+]c1ccc(-c2cc3n(c2)Cc2cc(-n4nc[nH]c4=O)ccc2-n2ccnc2-3)cc1. The van der Waals surface area contributed by atoms with E-state index in [1.54, 1.807) is 6.20 Å². The first-order valence-electron chi connectivity index (χ1n) is 9.69. The Morgan fingerprint density at radius 1 is 1.06 bits per heavy atom. The zero-order valence-electron chi connectivity index (χ0n) is 16.2. The van der Waals surface area contributed by atoms with Crippen LogP contribution in [-0.2, 0) is 6.54 Å². The highest BCUT2D eigenvalue weighted by Gasteiger charge is 2.22. The standard InChI is InChI=1S/C23H15N7O/c1-24-18-4-2-15(3-5-18)16-11-21-22-25-8-9-29(22)20-7-6-19(30-23(31)26-14-27-30)10-17(20)13-28(21)12-16/h2-12,14H,13H2,(H,26,27,31). The van der Waals surface area contributed by atoms with E-state index in [0.717, 1.165) is 33.9 Å². The van der Waals surface area contributed by atoms with Gasteiger partial charge in [0.15, 0.2) is 11.5 Å². The molecule has 8 heteroatoms. The van der Waals surface area contributed by atoms with Crippen molar-refractivity contribution < 1.29 is 0 Å². The molecule has 1 aliphatic heterocycles. The van der Waals surface area contributed by atoms with Crippen molar-refractivity contribution in [3.8, 4) is 34.0 Å². The number of H-pyrrole nitrogens is 1. The van der Waals surface area contributed by atoms with Crippen molar-refractivity contribution in [3.63, 3.8) is 0 Å². The van der Waals surface area contributed by atoms with E-state index in [0.29, 0.717) is 17.9 Å². The summed E-state index contributed by atoms with van der Waals surface area (Å²) >= 11 is 0. The van der Waals surface area contributed by atoms with Gasteiger partial charge in [-0.3, -0.25) is 9.55 Å². The topological polar surface area (TPSA) is 77.8 Å². The van der Waals surface area contributed by atoms with E-state index in [9.17, 15) is 4.79 Å². The predicted molar refractivity (Wildman–Crippen MR) is 116 cm³/mol. The van der Waals surface area contributed by atoms with Crippen molar-refractivity contribution in [2.75, 3.05) is 0 Å². The summed E-state index contributed by atoms with van der Waals surface area (Å²) in [5.41, 5.74) is 6.23. The normalized spacial score (nSPS) is 11.8. The number of hydrogen-bond acceptors (Lipinski definition) is 3. The Balaban J connectivity index is 1.50. The fourth-order valence-corrected chi connectivity index (χ4v) is 4.09. The molecule has 0 saturated carbocycles. The molecule has 0 saturated heterocycles. The molecule has 0 amide bonds. The van der Waals surface area contributed by atoms with Gasteiger partial charge in [0.25, 0.3) is 0 Å². The second-order valence-electron chi connectivity index (χ2n) is 7.34. The number of benzene rings is 2. The Kier molecular flexibility index (Phi) is 3.58. The lowest BCUT2D eigenvalue weighted by Gasteiger charge is -2.11. The van der Waals surface area contributed by atoms with E-state index in [2.05, 4.69) is 41.3 Å². The van der Waals surface area contributed by atoms with Crippen molar-refractivity contribution in [2.45, 2.75) is 6.54 Å². The van der Waals surface area contributed by atoms with Crippen molar-refractivity contribution >= 4 is 5.69 Å². The highest BCUT2D eigenvalue weighted by molar-refractivity contribution is 5.73. The minimum Gasteiger partial charge on any atom is -0.340 e. The summed E-state index contributed by atoms with van der Waals surface area (Å²) in [5.74, 6) is 0.854. The quantitative estimate of drug-likeness (QED) is 0.445. The zero-order chi connectivity index (χ0) is 20.9. The first-order chi connectivity index (χ1) is 15.2. The number of hydrogen-bond donors (Lipinski definition) is 1. The molecule has 0 unspecified atom stereocenters. The van der Waals surface area contributed by atoms with Gasteiger partial charge in [-0.05, 0) is 35.4 Å². The monoisotopic (exact) mass is 405 g/mol. The largest absolute Gasteiger partial charge is 0.347 e. The van der Waals surface area contributed by atoms with Gasteiger partial charge in [-0.2, -0.15) is 9.78 Å². The van der Waals surface area contributed by atoms with E-state index in [4.69, 9.17) is 6.57 Å². The summed E-state index contributed by atoms with van der Waals surface area (Å²) < 4.78 is 5.58. The highest BCUT2D eigenvalue weighted by atomic mass is 16.1. The van der Waals surface area contributed by atoms with Crippen LogP contribution < -0.4 is 5.69 Å². The summed E-state index contributed by atoms with van der Waals surface area (Å²) in [6, 6.07) is 15.6. The maximum Gasteiger partial charge on any atom is 0.347 e. The summed E-state index contributed by atoms with van der Waals surface area (Å²) in [6.07, 6.45) is 7.22. The van der Waals surface area contributed by atoms with E-state index in [1.807, 2.05) is 48.7 Å². The van der Waals surface area contributed by atoms with E-state index < -0.39 is 0 Å². The van der Waals surface area contributed by atoms with Crippen molar-refractivity contribution in [1.82, 2.24) is 28.9 Å². The van der Waals surface area contributed by atoms with Crippen LogP contribution in [0.2, 0.25) is 0 Å². The first kappa shape index (κ1) is 17.2. The molecule has 6 rings (SSSR count). The minimum absolute atomic E-state index is 0.274. The van der Waals surface area contributed by atoms with Gasteiger partial charge in [0.05, 0.1) is 23.6 Å². The van der Waals surface area contributed by atoms with E-state index in [1.165, 1.54) is 11.0 Å². The van der Waals surface area contributed by atoms with Crippen molar-refractivity contribution in [3.05, 3.63) is 101 Å². The Bertz CT molecular complexity index is 1540. The molecule has 0 aliphatic carbocycles. The highest BCUT2D eigenvalue weighted by Crippen LogP contribution is 2.34. The molecule has 1 aliphatic rings. The van der Waals surface area contributed by atoms with Gasteiger partial charge in [0.1, 0.15) is 6.33 Å². The molecular weight excluding hydrogens is 390 g/mol. The van der Waals surface area contributed by atoms with Gasteiger partial charge in [0.2, 0.25) is 0 Å². The fraction of sp³-hybridized carbons (Fsp3) is 0.0435. The lowest BCUT2D eigenvalue weighted by atomic mass is 10.1. The molecule has 0 radical (unpaired) electrons. The maximum absolute atomic E-state index is 12.0. The molecule has 3 aromatic heterocycles. The van der Waals surface area contributed by atoms with Crippen LogP contribution in [0.3, 0.4) is 0 Å². The zero-order valence-corrected chi connectivity index (χ0v) is 16.2. The van der Waals surface area contributed by atoms with Crippen molar-refractivity contribution in [2.24, 2.45) is 0 Å². The van der Waals surface area contributed by atoms with Crippen LogP contribution in [0.4, 0.5) is 5.69 Å². The molecule has 4 heterocycles. The Hall–Kier alpha value is -4.64. The number of aromatic nitrogens is 6. The molecule has 31 heavy (non-hydrogen) atoms. The smallest absolute Gasteiger partial charge is 0.340 e. The molecule has 2 aromatic carbocycles. The number of imidazole rings is 1. The summed E-state index contributed by atoms with van der Waals surface area (Å²) in [6.45, 7) is 7.77. The lowest BCUT2D eigenvalue weighted by Crippen LogP contribution is -2.16. The van der Waals surface area contributed by atoms with Crippen LogP contribution in [0.15, 0.2) is 78.2 Å². The molecule has 0 spiro atoms. The van der Waals surface area contributed by atoms with Gasteiger partial charge >= 0.3 is 5.69 Å². The Morgan fingerprint density at radius 3 is 2.71 bits per heavy atom. The molecule has 0 fully saturated rings. The van der Waals surface area contributed by atoms with Gasteiger partial charge in [-0.25, -0.2) is 14.6 Å². The summed E-state index contributed by atoms with van der Waals surface area (Å²) in [4.78, 5) is 22.7. The van der Waals surface area contributed by atoms with E-state index in [-0.39, 0.29) is 5.69 Å². The average molecular weight is 405 g/mol. The number of aromatic amines is 1. The number of fused-ring (bicyclic) bond motifs is 5. The second kappa shape index (κ2) is 6.43. The third-order valence-electron chi connectivity index (χ3n) is 5.56. The molecule has 0 atom stereocenters. The van der Waals surface area contributed by atoms with Crippen LogP contribution >= 0.6 is 0 Å². The van der Waals surface area contributed by atoms with Crippen LogP contribution in [-0.4, -0.2) is 28.9 Å². The third kappa shape index (κ3) is 2.64. The number of nitrogens with zero attached hydrogens (tertiary/aromatic N) is 6. The molecule has 8 nitrogen and oxygen atoms in total. The lowest BCUT2D eigenvalue weighted by molar-refractivity contribution is 0.806. The fourth-order valence-electron chi connectivity index (χ4n) is 4.09. The van der Waals surface area contributed by atoms with Crippen LogP contribution in [0.25, 0.3) is 38.9 Å². The van der Waals surface area contributed by atoms with Crippen LogP contribution in [0.1, 0.15) is 5.56 Å². The molecule has 148 valence electrons. The number of rotatable bonds is 2. The Morgan fingerprint density at radius 2 is 1.94 bits per heavy atom. The van der Waals surface area contributed by atoms with E-state index >= 15 is 0 Å². The number of nitrogens with one attached hydrogen (secondary N) is 1. The molecule has 0 bridgehead atoms. The average Bonchev–Trinajstić information content (AvgIpc) is 3.52. The second-order valence-corrected chi connectivity index (χ2v) is 7.34. The van der Waals surface area contributed by atoms with Gasteiger partial charge in [0, 0.05) is 30.7 Å². The van der Waals surface area contributed by atoms with Crippen LogP contribution in [0.5, 0.6) is 0 Å². The van der Waals surface area contributed by atoms with Crippen molar-refractivity contribution in [1.29, 1.82) is 0 Å². The van der Waals surface area contributed by atoms with Crippen LogP contribution in [0, 0.1) is 6.57 Å². The maximum atomic E-state index is 12.0. The summed E-state index contributed by atoms with van der Waals surface area (Å²) in [7, 11) is 0. The molecule has 1 N–H and O–H groups in total. The first-order valence-corrected chi connectivity index (χ1v) is 9.69. The summed E-state index contributed by atoms with van der Waals surface area (Å²) in [5, 5.41) is 4.10. The molecular formula is C23H15N7O. The van der Waals surface area contributed by atoms with Gasteiger partial charge in [-0.15, -0.1) is 0 Å². The third-order valence-corrected chi connectivity index (χ3v) is 5.56. The Labute approximate surface area is 176 Å². The minimum atomic E-state index is -0.274. The van der Waals surface area contributed by atoms with Gasteiger partial charge < -0.3 is 4.57 Å². The van der Waals surface area contributed by atoms with Gasteiger partial charge in [-0.1, -0.05) is 24.3 Å². The predicted octanol–water partition coefficient (Wildman–Crippen LogP) is 3.79.